The van der Waals surface area contributed by atoms with Crippen molar-refractivity contribution in [3.8, 4) is 0 Å². The molecule has 1 aromatic carbocycles. The number of benzene rings is 1. The topological polar surface area (TPSA) is 12.0 Å². The summed E-state index contributed by atoms with van der Waals surface area (Å²) < 4.78 is 0. The van der Waals surface area contributed by atoms with Crippen molar-refractivity contribution in [2.24, 2.45) is 0 Å². The van der Waals surface area contributed by atoms with Crippen molar-refractivity contribution in [1.29, 1.82) is 0 Å². The molecule has 82 valence electrons. The molecule has 0 amide bonds. The molecule has 0 heterocycles. The second-order valence-corrected chi connectivity index (χ2v) is 3.71. The van der Waals surface area contributed by atoms with E-state index in [0.717, 1.165) is 19.5 Å². The van der Waals surface area contributed by atoms with Crippen LogP contribution in [0.5, 0.6) is 0 Å². The highest BCUT2D eigenvalue weighted by Gasteiger charge is 1.85. The molecule has 0 spiro atoms. The lowest BCUT2D eigenvalue weighted by molar-refractivity contribution is 0.645. The van der Waals surface area contributed by atoms with Crippen LogP contribution < -0.4 is 5.32 Å². The molecule has 0 unspecified atom stereocenters. The Bertz CT molecular complexity index is 264. The molecular weight excluding hydrogens is 182 g/mol. The van der Waals surface area contributed by atoms with Gasteiger partial charge in [-0.15, -0.1) is 0 Å². The Morgan fingerprint density at radius 3 is 2.67 bits per heavy atom. The Morgan fingerprint density at radius 2 is 1.93 bits per heavy atom. The molecule has 0 saturated heterocycles. The van der Waals surface area contributed by atoms with Crippen molar-refractivity contribution >= 4 is 6.08 Å². The SMILES string of the molecule is CCCCNCCC=Cc1ccccc1. The van der Waals surface area contributed by atoms with Crippen LogP contribution >= 0.6 is 0 Å². The van der Waals surface area contributed by atoms with E-state index in [1.54, 1.807) is 0 Å². The fraction of sp³-hybridized carbons (Fsp3) is 0.429. The van der Waals surface area contributed by atoms with Gasteiger partial charge in [-0.1, -0.05) is 55.8 Å². The molecule has 0 aliphatic rings. The largest absolute Gasteiger partial charge is 0.316 e. The summed E-state index contributed by atoms with van der Waals surface area (Å²) in [5.74, 6) is 0. The first-order chi connectivity index (χ1) is 7.43. The van der Waals surface area contributed by atoms with Crippen LogP contribution in [0.1, 0.15) is 31.7 Å². The van der Waals surface area contributed by atoms with Crippen LogP contribution in [0, 0.1) is 0 Å². The number of hydrogen-bond donors (Lipinski definition) is 1. The zero-order valence-electron chi connectivity index (χ0n) is 9.58. The average Bonchev–Trinajstić information content (AvgIpc) is 2.29. The standard InChI is InChI=1S/C14H21N/c1-2-3-12-15-13-8-7-11-14-9-5-4-6-10-14/h4-7,9-11,15H,2-3,8,12-13H2,1H3. The van der Waals surface area contributed by atoms with Gasteiger partial charge < -0.3 is 5.32 Å². The van der Waals surface area contributed by atoms with Gasteiger partial charge in [0.25, 0.3) is 0 Å². The summed E-state index contributed by atoms with van der Waals surface area (Å²) in [6.45, 7) is 4.45. The highest BCUT2D eigenvalue weighted by atomic mass is 14.8. The fourth-order valence-corrected chi connectivity index (χ4v) is 1.40. The van der Waals surface area contributed by atoms with E-state index in [9.17, 15) is 0 Å². The molecule has 0 atom stereocenters. The normalized spacial score (nSPS) is 11.0. The minimum atomic E-state index is 1.09. The molecule has 15 heavy (non-hydrogen) atoms. The van der Waals surface area contributed by atoms with E-state index in [4.69, 9.17) is 0 Å². The predicted molar refractivity (Wildman–Crippen MR) is 67.9 cm³/mol. The molecule has 1 aromatic rings. The van der Waals surface area contributed by atoms with Crippen LogP contribution in [0.4, 0.5) is 0 Å². The monoisotopic (exact) mass is 203 g/mol. The van der Waals surface area contributed by atoms with Crippen molar-refractivity contribution in [3.63, 3.8) is 0 Å². The lowest BCUT2D eigenvalue weighted by Crippen LogP contribution is -2.15. The summed E-state index contributed by atoms with van der Waals surface area (Å²) in [5, 5.41) is 3.42. The molecular formula is C14H21N. The molecule has 0 aromatic heterocycles. The molecule has 1 heteroatoms. The van der Waals surface area contributed by atoms with Crippen molar-refractivity contribution in [3.05, 3.63) is 42.0 Å². The van der Waals surface area contributed by atoms with Crippen LogP contribution in [0.15, 0.2) is 36.4 Å². The Kier molecular flexibility index (Phi) is 6.59. The van der Waals surface area contributed by atoms with Gasteiger partial charge in [-0.2, -0.15) is 0 Å². The summed E-state index contributed by atoms with van der Waals surface area (Å²) in [6, 6.07) is 10.4. The Hall–Kier alpha value is -1.08. The van der Waals surface area contributed by atoms with Crippen LogP contribution in [0.2, 0.25) is 0 Å². The molecule has 0 aliphatic carbocycles. The smallest absolute Gasteiger partial charge is 0.00142 e. The maximum absolute atomic E-state index is 3.42. The van der Waals surface area contributed by atoms with Crippen molar-refractivity contribution in [2.75, 3.05) is 13.1 Å². The zero-order valence-corrected chi connectivity index (χ0v) is 9.58. The fourth-order valence-electron chi connectivity index (χ4n) is 1.40. The molecule has 1 nitrogen and oxygen atoms in total. The summed E-state index contributed by atoms with van der Waals surface area (Å²) >= 11 is 0. The van der Waals surface area contributed by atoms with E-state index in [-0.39, 0.29) is 0 Å². The molecule has 0 fully saturated rings. The van der Waals surface area contributed by atoms with E-state index in [2.05, 4.69) is 48.7 Å². The van der Waals surface area contributed by atoms with E-state index in [1.807, 2.05) is 6.07 Å². The first-order valence-corrected chi connectivity index (χ1v) is 5.86. The number of nitrogens with one attached hydrogen (secondary N) is 1. The third kappa shape index (κ3) is 6.08. The molecule has 0 radical (unpaired) electrons. The van der Waals surface area contributed by atoms with Crippen LogP contribution in [-0.4, -0.2) is 13.1 Å². The third-order valence-electron chi connectivity index (χ3n) is 2.30. The van der Waals surface area contributed by atoms with Gasteiger partial charge in [0.2, 0.25) is 0 Å². The van der Waals surface area contributed by atoms with Gasteiger partial charge in [0.1, 0.15) is 0 Å². The van der Waals surface area contributed by atoms with Gasteiger partial charge in [-0.3, -0.25) is 0 Å². The predicted octanol–water partition coefficient (Wildman–Crippen LogP) is 3.48. The number of rotatable bonds is 7. The summed E-state index contributed by atoms with van der Waals surface area (Å²) in [7, 11) is 0. The van der Waals surface area contributed by atoms with Gasteiger partial charge in [0.15, 0.2) is 0 Å². The van der Waals surface area contributed by atoms with Crippen molar-refractivity contribution < 1.29 is 0 Å². The highest BCUT2D eigenvalue weighted by molar-refractivity contribution is 5.48. The van der Waals surface area contributed by atoms with E-state index in [1.165, 1.54) is 18.4 Å². The average molecular weight is 203 g/mol. The second-order valence-electron chi connectivity index (χ2n) is 3.71. The van der Waals surface area contributed by atoms with Crippen LogP contribution in [0.3, 0.4) is 0 Å². The highest BCUT2D eigenvalue weighted by Crippen LogP contribution is 2.01. The quantitative estimate of drug-likeness (QED) is 0.669. The van der Waals surface area contributed by atoms with Crippen LogP contribution in [0.25, 0.3) is 6.08 Å². The lowest BCUT2D eigenvalue weighted by Gasteiger charge is -1.99. The first kappa shape index (κ1) is 12.0. The Morgan fingerprint density at radius 1 is 1.13 bits per heavy atom. The zero-order chi connectivity index (χ0) is 10.8. The van der Waals surface area contributed by atoms with Gasteiger partial charge in [-0.25, -0.2) is 0 Å². The van der Waals surface area contributed by atoms with E-state index >= 15 is 0 Å². The maximum Gasteiger partial charge on any atom is -0.00142 e. The van der Waals surface area contributed by atoms with Gasteiger partial charge >= 0.3 is 0 Å². The lowest BCUT2D eigenvalue weighted by atomic mass is 10.2. The van der Waals surface area contributed by atoms with E-state index < -0.39 is 0 Å². The number of hydrogen-bond acceptors (Lipinski definition) is 1. The number of unbranched alkanes of at least 4 members (excludes halogenated alkanes) is 1. The van der Waals surface area contributed by atoms with Gasteiger partial charge in [-0.05, 0) is 31.5 Å². The molecule has 1 rings (SSSR count). The van der Waals surface area contributed by atoms with Crippen molar-refractivity contribution in [1.82, 2.24) is 5.32 Å². The van der Waals surface area contributed by atoms with Crippen molar-refractivity contribution in [2.45, 2.75) is 26.2 Å². The second kappa shape index (κ2) is 8.25. The van der Waals surface area contributed by atoms with Gasteiger partial charge in [0, 0.05) is 0 Å². The molecule has 0 bridgehead atoms. The molecule has 0 aliphatic heterocycles. The summed E-state index contributed by atoms with van der Waals surface area (Å²) in [6.07, 6.45) is 8.07. The minimum Gasteiger partial charge on any atom is -0.316 e. The summed E-state index contributed by atoms with van der Waals surface area (Å²) in [5.41, 5.74) is 1.28. The third-order valence-corrected chi connectivity index (χ3v) is 2.30. The first-order valence-electron chi connectivity index (χ1n) is 5.86. The molecule has 1 N–H and O–H groups in total. The Labute approximate surface area is 93.2 Å². The Balaban J connectivity index is 2.07. The van der Waals surface area contributed by atoms with Gasteiger partial charge in [0.05, 0.1) is 0 Å². The van der Waals surface area contributed by atoms with E-state index in [0.29, 0.717) is 0 Å². The van der Waals surface area contributed by atoms with Crippen LogP contribution in [-0.2, 0) is 0 Å². The molecule has 0 saturated carbocycles. The summed E-state index contributed by atoms with van der Waals surface area (Å²) in [4.78, 5) is 0. The minimum absolute atomic E-state index is 1.09. The maximum atomic E-state index is 3.42.